The number of rotatable bonds is 8. The lowest BCUT2D eigenvalue weighted by atomic mass is 10.1. The average Bonchev–Trinajstić information content (AvgIpc) is 2.34. The van der Waals surface area contributed by atoms with E-state index in [1.807, 2.05) is 0 Å². The van der Waals surface area contributed by atoms with Crippen molar-refractivity contribution in [1.82, 2.24) is 0 Å². The van der Waals surface area contributed by atoms with Gasteiger partial charge in [0.05, 0.1) is 0 Å². The van der Waals surface area contributed by atoms with Gasteiger partial charge < -0.3 is 0 Å². The molecule has 0 nitrogen and oxygen atoms in total. The Morgan fingerprint density at radius 1 is 0.875 bits per heavy atom. The van der Waals surface area contributed by atoms with E-state index < -0.39 is 0 Å². The molecule has 0 amide bonds. The van der Waals surface area contributed by atoms with Crippen LogP contribution in [-0.4, -0.2) is 0 Å². The fourth-order valence-electron chi connectivity index (χ4n) is 1.79. The summed E-state index contributed by atoms with van der Waals surface area (Å²) in [5.74, 6) is 0. The number of benzene rings is 1. The second-order valence-electron chi connectivity index (χ2n) is 4.35. The van der Waals surface area contributed by atoms with Crippen LogP contribution in [0.2, 0.25) is 0 Å². The smallest absolute Gasteiger partial charge is 0.0279 e. The van der Waals surface area contributed by atoms with E-state index in [4.69, 9.17) is 0 Å². The van der Waals surface area contributed by atoms with Crippen LogP contribution in [0.25, 0.3) is 0 Å². The van der Waals surface area contributed by atoms with Gasteiger partial charge in [-0.15, -0.1) is 0 Å². The van der Waals surface area contributed by atoms with Crippen molar-refractivity contribution in [3.8, 4) is 0 Å². The highest BCUT2D eigenvalue weighted by Gasteiger charge is 1.90. The molecule has 0 aliphatic rings. The van der Waals surface area contributed by atoms with Crippen molar-refractivity contribution in [2.75, 3.05) is 0 Å². The molecule has 0 fully saturated rings. The normalized spacial score (nSPS) is 11.1. The van der Waals surface area contributed by atoms with Gasteiger partial charge in [0.2, 0.25) is 0 Å². The van der Waals surface area contributed by atoms with Crippen molar-refractivity contribution in [2.45, 2.75) is 51.9 Å². The minimum Gasteiger partial charge on any atom is -0.0885 e. The van der Waals surface area contributed by atoms with Gasteiger partial charge in [0.15, 0.2) is 0 Å². The Hall–Kier alpha value is -1.04. The van der Waals surface area contributed by atoms with E-state index in [2.05, 4.69) is 49.4 Å². The Labute approximate surface area is 100 Å². The largest absolute Gasteiger partial charge is 0.0885 e. The quantitative estimate of drug-likeness (QED) is 0.416. The summed E-state index contributed by atoms with van der Waals surface area (Å²) in [6.45, 7) is 2.24. The predicted molar refractivity (Wildman–Crippen MR) is 72.7 cm³/mol. The third-order valence-electron chi connectivity index (χ3n) is 2.82. The second kappa shape index (κ2) is 9.21. The molecule has 0 saturated heterocycles. The van der Waals surface area contributed by atoms with E-state index in [1.165, 1.54) is 50.5 Å². The first-order valence-corrected chi connectivity index (χ1v) is 6.62. The summed E-state index contributed by atoms with van der Waals surface area (Å²) in [6.07, 6.45) is 13.7. The monoisotopic (exact) mass is 216 g/mol. The summed E-state index contributed by atoms with van der Waals surface area (Å²) < 4.78 is 0. The number of hydrogen-bond donors (Lipinski definition) is 0. The molecular formula is C16H24. The summed E-state index contributed by atoms with van der Waals surface area (Å²) in [4.78, 5) is 0. The first kappa shape index (κ1) is 13.0. The van der Waals surface area contributed by atoms with Crippen LogP contribution in [0.3, 0.4) is 0 Å². The summed E-state index contributed by atoms with van der Waals surface area (Å²) >= 11 is 0. The van der Waals surface area contributed by atoms with Crippen LogP contribution < -0.4 is 0 Å². The van der Waals surface area contributed by atoms with Gasteiger partial charge >= 0.3 is 0 Å². The van der Waals surface area contributed by atoms with Crippen LogP contribution in [0.4, 0.5) is 0 Å². The van der Waals surface area contributed by atoms with Gasteiger partial charge in [0, 0.05) is 0 Å². The van der Waals surface area contributed by atoms with Gasteiger partial charge in [-0.05, 0) is 37.7 Å². The lowest BCUT2D eigenvalue weighted by Crippen LogP contribution is -1.83. The van der Waals surface area contributed by atoms with Crippen LogP contribution in [0.1, 0.15) is 51.0 Å². The Bertz CT molecular complexity index is 271. The zero-order chi connectivity index (χ0) is 11.5. The molecule has 0 N–H and O–H groups in total. The molecule has 0 spiro atoms. The van der Waals surface area contributed by atoms with Crippen LogP contribution in [0.5, 0.6) is 0 Å². The lowest BCUT2D eigenvalue weighted by Gasteiger charge is -1.99. The molecule has 0 aliphatic carbocycles. The summed E-state index contributed by atoms with van der Waals surface area (Å²) in [7, 11) is 0. The molecule has 16 heavy (non-hydrogen) atoms. The van der Waals surface area contributed by atoms with Crippen molar-refractivity contribution in [1.29, 1.82) is 0 Å². The van der Waals surface area contributed by atoms with E-state index in [1.54, 1.807) is 0 Å². The lowest BCUT2D eigenvalue weighted by molar-refractivity contribution is 0.743. The Balaban J connectivity index is 1.98. The zero-order valence-electron chi connectivity index (χ0n) is 10.5. The highest BCUT2D eigenvalue weighted by molar-refractivity contribution is 5.14. The topological polar surface area (TPSA) is 0 Å². The fraction of sp³-hybridized carbons (Fsp3) is 0.500. The van der Waals surface area contributed by atoms with Crippen molar-refractivity contribution in [2.24, 2.45) is 0 Å². The third-order valence-corrected chi connectivity index (χ3v) is 2.82. The van der Waals surface area contributed by atoms with Gasteiger partial charge in [0.25, 0.3) is 0 Å². The minimum atomic E-state index is 1.23. The number of hydrogen-bond acceptors (Lipinski definition) is 0. The second-order valence-corrected chi connectivity index (χ2v) is 4.35. The maximum absolute atomic E-state index is 2.35. The molecule has 0 unspecified atom stereocenters. The maximum Gasteiger partial charge on any atom is -0.0279 e. The van der Waals surface area contributed by atoms with Crippen LogP contribution in [-0.2, 0) is 6.42 Å². The molecule has 0 aliphatic heterocycles. The molecule has 0 aromatic heterocycles. The molecule has 1 aromatic carbocycles. The summed E-state index contributed by atoms with van der Waals surface area (Å²) in [5, 5.41) is 0. The Morgan fingerprint density at radius 2 is 1.56 bits per heavy atom. The first-order valence-electron chi connectivity index (χ1n) is 6.62. The molecule has 1 aromatic rings. The van der Waals surface area contributed by atoms with Gasteiger partial charge in [-0.25, -0.2) is 0 Å². The molecule has 0 heterocycles. The Kier molecular flexibility index (Phi) is 7.49. The SMILES string of the molecule is CCCC/C=C/CCCCc1ccccc1. The minimum absolute atomic E-state index is 1.23. The number of aryl methyl sites for hydroxylation is 1. The average molecular weight is 216 g/mol. The van der Waals surface area contributed by atoms with Gasteiger partial charge in [-0.3, -0.25) is 0 Å². The fourth-order valence-corrected chi connectivity index (χ4v) is 1.79. The van der Waals surface area contributed by atoms with E-state index in [0.29, 0.717) is 0 Å². The highest BCUT2D eigenvalue weighted by Crippen LogP contribution is 2.07. The first-order chi connectivity index (χ1) is 7.93. The molecule has 88 valence electrons. The number of unbranched alkanes of at least 4 members (excludes halogenated alkanes) is 4. The van der Waals surface area contributed by atoms with Crippen molar-refractivity contribution >= 4 is 0 Å². The van der Waals surface area contributed by atoms with E-state index in [-0.39, 0.29) is 0 Å². The van der Waals surface area contributed by atoms with E-state index in [0.717, 1.165) is 0 Å². The third kappa shape index (κ3) is 6.44. The van der Waals surface area contributed by atoms with Gasteiger partial charge in [0.1, 0.15) is 0 Å². The van der Waals surface area contributed by atoms with Crippen LogP contribution in [0, 0.1) is 0 Å². The zero-order valence-corrected chi connectivity index (χ0v) is 10.5. The molecule has 0 saturated carbocycles. The molecule has 0 heteroatoms. The molecule has 0 bridgehead atoms. The Morgan fingerprint density at radius 3 is 2.25 bits per heavy atom. The van der Waals surface area contributed by atoms with Gasteiger partial charge in [-0.1, -0.05) is 62.2 Å². The molecule has 1 rings (SSSR count). The summed E-state index contributed by atoms with van der Waals surface area (Å²) in [6, 6.07) is 10.8. The van der Waals surface area contributed by atoms with Gasteiger partial charge in [-0.2, -0.15) is 0 Å². The molecule has 0 atom stereocenters. The van der Waals surface area contributed by atoms with E-state index in [9.17, 15) is 0 Å². The number of allylic oxidation sites excluding steroid dienone is 2. The van der Waals surface area contributed by atoms with Crippen molar-refractivity contribution in [3.63, 3.8) is 0 Å². The predicted octanol–water partition coefficient (Wildman–Crippen LogP) is 5.15. The molecule has 0 radical (unpaired) electrons. The van der Waals surface area contributed by atoms with Crippen LogP contribution >= 0.6 is 0 Å². The van der Waals surface area contributed by atoms with Crippen molar-refractivity contribution < 1.29 is 0 Å². The molecular weight excluding hydrogens is 192 g/mol. The maximum atomic E-state index is 2.35. The highest BCUT2D eigenvalue weighted by atomic mass is 14.0. The van der Waals surface area contributed by atoms with Crippen LogP contribution in [0.15, 0.2) is 42.5 Å². The van der Waals surface area contributed by atoms with Crippen molar-refractivity contribution in [3.05, 3.63) is 48.0 Å². The summed E-state index contributed by atoms with van der Waals surface area (Å²) in [5.41, 5.74) is 1.47. The van der Waals surface area contributed by atoms with E-state index >= 15 is 0 Å². The standard InChI is InChI=1S/C16H24/c1-2-3-4-5-6-7-8-10-13-16-14-11-9-12-15-16/h5-6,9,11-12,14-15H,2-4,7-8,10,13H2,1H3/b6-5+.